The van der Waals surface area contributed by atoms with Crippen LogP contribution in [0.2, 0.25) is 5.02 Å². The predicted octanol–water partition coefficient (Wildman–Crippen LogP) is 3.84. The van der Waals surface area contributed by atoms with Crippen LogP contribution in [-0.4, -0.2) is 0 Å². The number of halogens is 1. The highest BCUT2D eigenvalue weighted by Gasteiger charge is 2.01. The van der Waals surface area contributed by atoms with Crippen molar-refractivity contribution < 1.29 is 0 Å². The molecular weight excluding hydrogens is 174 g/mol. The van der Waals surface area contributed by atoms with Gasteiger partial charge >= 0.3 is 0 Å². The van der Waals surface area contributed by atoms with Gasteiger partial charge in [-0.1, -0.05) is 41.8 Å². The minimum atomic E-state index is 0.499. The summed E-state index contributed by atoms with van der Waals surface area (Å²) in [6.45, 7) is 2.00. The Hall–Kier alpha value is -1.18. The summed E-state index contributed by atoms with van der Waals surface area (Å²) in [5, 5.41) is 4.02. The van der Waals surface area contributed by atoms with Crippen LogP contribution >= 0.6 is 11.6 Å². The van der Waals surface area contributed by atoms with Gasteiger partial charge in [-0.15, -0.1) is 0 Å². The van der Waals surface area contributed by atoms with Gasteiger partial charge in [0.2, 0.25) is 0 Å². The lowest BCUT2D eigenvalue weighted by Crippen LogP contribution is -1.80. The summed E-state index contributed by atoms with van der Waals surface area (Å²) >= 11 is 5.92. The van der Waals surface area contributed by atoms with Crippen molar-refractivity contribution in [3.05, 3.63) is 39.2 Å². The van der Waals surface area contributed by atoms with Crippen LogP contribution in [0.1, 0.15) is 12.5 Å². The van der Waals surface area contributed by atoms with E-state index in [1.54, 1.807) is 6.07 Å². The maximum Gasteiger partial charge on any atom is 0.0564 e. The molecule has 0 spiro atoms. The van der Waals surface area contributed by atoms with E-state index in [0.29, 0.717) is 10.7 Å². The van der Waals surface area contributed by atoms with Gasteiger partial charge in [-0.2, -0.15) is 0 Å². The number of azide groups is 1. The Morgan fingerprint density at radius 3 is 2.92 bits per heavy atom. The lowest BCUT2D eigenvalue weighted by Gasteiger charge is -2.01. The molecule has 3 nitrogen and oxygen atoms in total. The summed E-state index contributed by atoms with van der Waals surface area (Å²) < 4.78 is 0. The van der Waals surface area contributed by atoms with E-state index in [-0.39, 0.29) is 0 Å². The van der Waals surface area contributed by atoms with Gasteiger partial charge in [-0.25, -0.2) is 0 Å². The standard InChI is InChI=1S/C8H8ClN3/c1-2-6-4-3-5-7(8(6)9)11-12-10/h3-5H,2H2,1H3. The quantitative estimate of drug-likeness (QED) is 0.378. The van der Waals surface area contributed by atoms with Gasteiger partial charge in [0.25, 0.3) is 0 Å². The van der Waals surface area contributed by atoms with Crippen LogP contribution in [0.15, 0.2) is 23.3 Å². The molecule has 0 bridgehead atoms. The van der Waals surface area contributed by atoms with Crippen molar-refractivity contribution in [2.75, 3.05) is 0 Å². The molecule has 12 heavy (non-hydrogen) atoms. The van der Waals surface area contributed by atoms with Gasteiger partial charge in [0.15, 0.2) is 0 Å². The van der Waals surface area contributed by atoms with Crippen LogP contribution in [0.3, 0.4) is 0 Å². The second-order valence-electron chi connectivity index (χ2n) is 2.29. The first-order valence-corrected chi connectivity index (χ1v) is 4.00. The van der Waals surface area contributed by atoms with Gasteiger partial charge in [-0.05, 0) is 17.5 Å². The molecule has 0 aliphatic heterocycles. The van der Waals surface area contributed by atoms with Crippen LogP contribution in [-0.2, 0) is 6.42 Å². The summed E-state index contributed by atoms with van der Waals surface area (Å²) in [5.74, 6) is 0. The maximum atomic E-state index is 8.21. The molecule has 62 valence electrons. The second kappa shape index (κ2) is 4.00. The maximum absolute atomic E-state index is 8.21. The number of hydrogen-bond acceptors (Lipinski definition) is 1. The van der Waals surface area contributed by atoms with Crippen LogP contribution in [0.5, 0.6) is 0 Å². The minimum Gasteiger partial charge on any atom is -0.0835 e. The highest BCUT2D eigenvalue weighted by Crippen LogP contribution is 2.28. The third-order valence-corrected chi connectivity index (χ3v) is 2.03. The van der Waals surface area contributed by atoms with Crippen molar-refractivity contribution in [3.63, 3.8) is 0 Å². The fourth-order valence-corrected chi connectivity index (χ4v) is 1.26. The largest absolute Gasteiger partial charge is 0.0835 e. The zero-order valence-electron chi connectivity index (χ0n) is 6.66. The molecule has 0 aliphatic carbocycles. The van der Waals surface area contributed by atoms with Crippen molar-refractivity contribution >= 4 is 17.3 Å². The molecule has 0 saturated heterocycles. The summed E-state index contributed by atoms with van der Waals surface area (Å²) in [7, 11) is 0. The summed E-state index contributed by atoms with van der Waals surface area (Å²) in [4.78, 5) is 2.68. The second-order valence-corrected chi connectivity index (χ2v) is 2.67. The number of rotatable bonds is 2. The van der Waals surface area contributed by atoms with Crippen molar-refractivity contribution in [1.82, 2.24) is 0 Å². The third kappa shape index (κ3) is 1.70. The Morgan fingerprint density at radius 1 is 1.58 bits per heavy atom. The fraction of sp³-hybridized carbons (Fsp3) is 0.250. The van der Waals surface area contributed by atoms with E-state index in [0.717, 1.165) is 12.0 Å². The monoisotopic (exact) mass is 181 g/mol. The lowest BCUT2D eigenvalue weighted by atomic mass is 10.1. The van der Waals surface area contributed by atoms with Gasteiger partial charge in [-0.3, -0.25) is 0 Å². The molecule has 0 heterocycles. The van der Waals surface area contributed by atoms with E-state index in [2.05, 4.69) is 10.0 Å². The SMILES string of the molecule is CCc1cccc(N=[N+]=[N-])c1Cl. The lowest BCUT2D eigenvalue weighted by molar-refractivity contribution is 1.14. The molecule has 0 aliphatic rings. The molecule has 1 aromatic rings. The highest BCUT2D eigenvalue weighted by molar-refractivity contribution is 6.33. The van der Waals surface area contributed by atoms with Crippen molar-refractivity contribution in [3.8, 4) is 0 Å². The summed E-state index contributed by atoms with van der Waals surface area (Å²) in [5.41, 5.74) is 9.71. The molecule has 0 aromatic heterocycles. The molecule has 0 saturated carbocycles. The topological polar surface area (TPSA) is 48.8 Å². The van der Waals surface area contributed by atoms with E-state index in [1.165, 1.54) is 0 Å². The first-order valence-electron chi connectivity index (χ1n) is 3.62. The van der Waals surface area contributed by atoms with Gasteiger partial charge < -0.3 is 0 Å². The van der Waals surface area contributed by atoms with Crippen LogP contribution in [0.4, 0.5) is 5.69 Å². The zero-order valence-corrected chi connectivity index (χ0v) is 7.41. The Kier molecular flexibility index (Phi) is 2.97. The smallest absolute Gasteiger partial charge is 0.0564 e. The third-order valence-electron chi connectivity index (χ3n) is 1.59. The summed E-state index contributed by atoms with van der Waals surface area (Å²) in [6, 6.07) is 5.44. The average Bonchev–Trinajstić information content (AvgIpc) is 2.09. The molecule has 1 rings (SSSR count). The van der Waals surface area contributed by atoms with E-state index in [4.69, 9.17) is 17.1 Å². The number of nitrogens with zero attached hydrogens (tertiary/aromatic N) is 3. The molecule has 0 radical (unpaired) electrons. The Balaban J connectivity index is 3.22. The molecule has 1 aromatic carbocycles. The van der Waals surface area contributed by atoms with Crippen molar-refractivity contribution in [2.24, 2.45) is 5.11 Å². The highest BCUT2D eigenvalue weighted by atomic mass is 35.5. The van der Waals surface area contributed by atoms with E-state index < -0.39 is 0 Å². The van der Waals surface area contributed by atoms with Gasteiger partial charge in [0.05, 0.1) is 10.7 Å². The molecule has 0 unspecified atom stereocenters. The van der Waals surface area contributed by atoms with E-state index in [1.807, 2.05) is 19.1 Å². The first kappa shape index (κ1) is 8.91. The van der Waals surface area contributed by atoms with Crippen LogP contribution < -0.4 is 0 Å². The number of hydrogen-bond donors (Lipinski definition) is 0. The Bertz CT molecular complexity index is 329. The Morgan fingerprint density at radius 2 is 2.33 bits per heavy atom. The predicted molar refractivity (Wildman–Crippen MR) is 49.6 cm³/mol. The molecule has 0 fully saturated rings. The van der Waals surface area contributed by atoms with Gasteiger partial charge in [0.1, 0.15) is 0 Å². The Labute approximate surface area is 75.6 Å². The average molecular weight is 182 g/mol. The van der Waals surface area contributed by atoms with E-state index in [9.17, 15) is 0 Å². The molecule has 0 amide bonds. The minimum absolute atomic E-state index is 0.499. The normalized spacial score (nSPS) is 9.17. The fourth-order valence-electron chi connectivity index (χ4n) is 0.965. The molecule has 0 atom stereocenters. The van der Waals surface area contributed by atoms with Crippen molar-refractivity contribution in [2.45, 2.75) is 13.3 Å². The molecule has 0 N–H and O–H groups in total. The van der Waals surface area contributed by atoms with Crippen molar-refractivity contribution in [1.29, 1.82) is 0 Å². The van der Waals surface area contributed by atoms with Crippen LogP contribution in [0.25, 0.3) is 10.4 Å². The zero-order chi connectivity index (χ0) is 8.97. The van der Waals surface area contributed by atoms with E-state index >= 15 is 0 Å². The number of benzene rings is 1. The summed E-state index contributed by atoms with van der Waals surface area (Å²) in [6.07, 6.45) is 0.841. The van der Waals surface area contributed by atoms with Gasteiger partial charge in [0, 0.05) is 4.91 Å². The first-order chi connectivity index (χ1) is 5.79. The molecule has 4 heteroatoms. The number of aryl methyl sites for hydroxylation is 1. The molecular formula is C8H8ClN3. The van der Waals surface area contributed by atoms with Crippen LogP contribution in [0, 0.1) is 0 Å².